The first kappa shape index (κ1) is 83.6. The molecular weight excluding hydrogens is 1840 g/mol. The summed E-state index contributed by atoms with van der Waals surface area (Å²) in [6.45, 7) is 0. The molecule has 0 spiro atoms. The number of pyridine rings is 2. The zero-order valence-corrected chi connectivity index (χ0v) is 80.5. The number of para-hydroxylation sites is 8. The van der Waals surface area contributed by atoms with Gasteiger partial charge in [0, 0.05) is 159 Å². The summed E-state index contributed by atoms with van der Waals surface area (Å²) in [4.78, 5) is 38.7. The number of hydrogen-bond donors (Lipinski definition) is 0. The first-order valence-electron chi connectivity index (χ1n) is 50.1. The molecule has 0 fully saturated rings. The molecule has 0 atom stereocenters. The Bertz CT molecular complexity index is 11100. The Morgan fingerprint density at radius 2 is 0.564 bits per heavy atom. The van der Waals surface area contributed by atoms with Crippen LogP contribution in [0.5, 0.6) is 0 Å². The minimum absolute atomic E-state index is 0.708. The molecule has 149 heavy (non-hydrogen) atoms. The number of thiophene rings is 1. The standard InChI is InChI=1S/C40H23N3S.C32H19N3.2C31H18N4/c1-2-11-24(12-3-1)36-39-37(30-17-6-9-20-35(30)44-39)42-40(41-36)26-14-10-13-25(21-26)27-22-31-28-15-4-7-18-33(28)43-34-19-8-5-16-29(34)32(23-27)38(31)43;1-2-8-20(9-3-1)21-14-15-28-22(16-21)19-29(34-33-28)23-17-26-24-10-4-6-12-30(24)35-31-13-7-5-11-25(31)27(18-23)32(26)35;1-3-10-28-23(8-1)25-15-22(16-26-24-9-2-4-11-29(24)35(28)30(25)26)19-6-5-7-20(14-19)31-33-17-21-12-13-32-18-27(21)34-31;1-2-9-19(10-3-1)28-29-25(13-8-16-32-29)33-31(34-28)20-17-23-21-11-4-6-14-26(21)35-27-15-7-5-12-22(27)24(18-20)30(23)35/h1-23H;1-19H;2*1-18H. The van der Waals surface area contributed by atoms with Crippen LogP contribution in [0.25, 0.3) is 307 Å². The lowest BCUT2D eigenvalue weighted by Crippen LogP contribution is -1.96. The van der Waals surface area contributed by atoms with Gasteiger partial charge in [0.25, 0.3) is 0 Å². The van der Waals surface area contributed by atoms with E-state index >= 15 is 0 Å². The molecule has 0 radical (unpaired) electrons. The maximum atomic E-state index is 5.22. The van der Waals surface area contributed by atoms with Crippen molar-refractivity contribution in [3.05, 3.63) is 474 Å². The smallest absolute Gasteiger partial charge is 0.160 e. The summed E-state index contributed by atoms with van der Waals surface area (Å²) in [6.07, 6.45) is 7.22. The predicted molar refractivity (Wildman–Crippen MR) is 617 cm³/mol. The fraction of sp³-hybridized carbons (Fsp3) is 0. The number of fused-ring (bicyclic) bond motifs is 30. The molecule has 0 saturated carbocycles. The van der Waals surface area contributed by atoms with Crippen molar-refractivity contribution in [2.24, 2.45) is 0 Å². The molecule has 0 N–H and O–H groups in total. The van der Waals surface area contributed by atoms with Crippen molar-refractivity contribution in [1.82, 2.24) is 67.7 Å². The zero-order chi connectivity index (χ0) is 97.6. The fourth-order valence-corrected chi connectivity index (χ4v) is 24.7. The molecule has 19 aromatic carbocycles. The monoisotopic (exact) mass is 1910 g/mol. The molecule has 0 aliphatic carbocycles. The van der Waals surface area contributed by atoms with E-state index in [1.54, 1.807) is 29.9 Å². The molecule has 0 saturated heterocycles. The van der Waals surface area contributed by atoms with Crippen molar-refractivity contribution in [1.29, 1.82) is 0 Å². The second-order valence-electron chi connectivity index (χ2n) is 38.5. The molecule has 14 nitrogen and oxygen atoms in total. The largest absolute Gasteiger partial charge is 0.308 e. The van der Waals surface area contributed by atoms with E-state index in [1.165, 1.54) is 185 Å². The number of benzene rings is 19. The summed E-state index contributed by atoms with van der Waals surface area (Å²) in [5.41, 5.74) is 35.5. The lowest BCUT2D eigenvalue weighted by molar-refractivity contribution is 1.08. The van der Waals surface area contributed by atoms with Crippen molar-refractivity contribution in [2.75, 3.05) is 0 Å². The number of nitrogens with zero attached hydrogens (tertiary/aromatic N) is 14. The minimum Gasteiger partial charge on any atom is -0.308 e. The van der Waals surface area contributed by atoms with Crippen molar-refractivity contribution in [2.45, 2.75) is 0 Å². The average Bonchev–Trinajstić information content (AvgIpc) is 1.55. The number of hydrogen-bond acceptors (Lipinski definition) is 11. The highest BCUT2D eigenvalue weighted by molar-refractivity contribution is 7.26. The van der Waals surface area contributed by atoms with Crippen LogP contribution in [0.15, 0.2) is 474 Å². The van der Waals surface area contributed by atoms with Crippen molar-refractivity contribution in [3.8, 4) is 101 Å². The minimum atomic E-state index is 0.708. The Labute approximate surface area is 853 Å². The van der Waals surface area contributed by atoms with Gasteiger partial charge in [0.05, 0.1) is 111 Å². The normalized spacial score (nSPS) is 12.0. The highest BCUT2D eigenvalue weighted by Crippen LogP contribution is 2.50. The SMILES string of the molecule is c1cc(-c2cc3c4ccccc4n4c5ccccc5c(c2)c34)cc(-c2ncc3ccncc3n2)c1.c1ccc(-c2ccc3nnc(-c4cc5c6ccccc6n6c7ccccc7c(c4)c56)cc3c2)cc1.c1ccc(-c2nc(-c3cc4c5ccccc5n5c6ccccc6c(c3)c45)nc3cccnc23)cc1.c1ccc(-c2nc(-c3cccc(-c4cc5c6ccccc6n6c7ccccc7c(c4)c56)c3)nc3c2sc2ccccc23)cc1. The Kier molecular flexibility index (Phi) is 18.7. The van der Waals surface area contributed by atoms with Crippen LogP contribution < -0.4 is 0 Å². The molecule has 0 aliphatic rings. The van der Waals surface area contributed by atoms with Gasteiger partial charge in [0.1, 0.15) is 11.2 Å². The van der Waals surface area contributed by atoms with Crippen LogP contribution in [0.3, 0.4) is 0 Å². The Balaban J connectivity index is 0.0000000901. The van der Waals surface area contributed by atoms with E-state index in [9.17, 15) is 0 Å². The highest BCUT2D eigenvalue weighted by Gasteiger charge is 2.28. The molecule has 15 heterocycles. The van der Waals surface area contributed by atoms with E-state index in [2.05, 4.69) is 449 Å². The van der Waals surface area contributed by atoms with Crippen LogP contribution >= 0.6 is 11.3 Å². The van der Waals surface area contributed by atoms with E-state index in [0.29, 0.717) is 11.6 Å². The van der Waals surface area contributed by atoms with E-state index in [4.69, 9.17) is 24.9 Å². The van der Waals surface area contributed by atoms with Crippen LogP contribution in [0, 0.1) is 0 Å². The van der Waals surface area contributed by atoms with E-state index in [0.717, 1.165) is 110 Å². The van der Waals surface area contributed by atoms with Gasteiger partial charge in [-0.25, -0.2) is 29.9 Å². The Hall–Kier alpha value is -20.0. The van der Waals surface area contributed by atoms with Gasteiger partial charge in [-0.3, -0.25) is 9.97 Å². The van der Waals surface area contributed by atoms with Crippen LogP contribution in [0.1, 0.15) is 0 Å². The molecule has 0 aliphatic heterocycles. The van der Waals surface area contributed by atoms with E-state index in [-0.39, 0.29) is 0 Å². The first-order valence-corrected chi connectivity index (χ1v) is 50.9. The quantitative estimate of drug-likeness (QED) is 0.137. The fourth-order valence-electron chi connectivity index (χ4n) is 23.5. The summed E-state index contributed by atoms with van der Waals surface area (Å²) < 4.78 is 12.0. The predicted octanol–water partition coefficient (Wildman–Crippen LogP) is 34.1. The second kappa shape index (κ2) is 33.3. The molecular formula is C134H78N14S. The van der Waals surface area contributed by atoms with E-state index in [1.807, 2.05) is 48.7 Å². The Morgan fingerprint density at radius 1 is 0.188 bits per heavy atom. The van der Waals surface area contributed by atoms with Gasteiger partial charge in [0.2, 0.25) is 0 Å². The summed E-state index contributed by atoms with van der Waals surface area (Å²) in [5.74, 6) is 2.16. The lowest BCUT2D eigenvalue weighted by atomic mass is 9.98. The van der Waals surface area contributed by atoms with Gasteiger partial charge in [-0.1, -0.05) is 297 Å². The average molecular weight is 1920 g/mol. The summed E-state index contributed by atoms with van der Waals surface area (Å²) >= 11 is 1.77. The topological polar surface area (TPSA) is 147 Å². The van der Waals surface area contributed by atoms with Crippen LogP contribution in [-0.4, -0.2) is 67.7 Å². The van der Waals surface area contributed by atoms with E-state index < -0.39 is 0 Å². The zero-order valence-electron chi connectivity index (χ0n) is 79.7. The summed E-state index contributed by atoms with van der Waals surface area (Å²) in [5, 5.41) is 32.7. The van der Waals surface area contributed by atoms with Gasteiger partial charge in [-0.15, -0.1) is 21.5 Å². The molecule has 15 aromatic heterocycles. The Morgan fingerprint density at radius 3 is 1.04 bits per heavy atom. The molecule has 15 heteroatoms. The van der Waals surface area contributed by atoms with Crippen LogP contribution in [0.4, 0.5) is 0 Å². The first-order chi connectivity index (χ1) is 73.9. The second-order valence-corrected chi connectivity index (χ2v) is 39.5. The van der Waals surface area contributed by atoms with Crippen molar-refractivity contribution >= 4 is 217 Å². The van der Waals surface area contributed by atoms with Crippen molar-refractivity contribution in [3.63, 3.8) is 0 Å². The molecule has 690 valence electrons. The molecule has 34 aromatic rings. The third kappa shape index (κ3) is 13.2. The maximum absolute atomic E-state index is 5.22. The lowest BCUT2D eigenvalue weighted by Gasteiger charge is -2.09. The van der Waals surface area contributed by atoms with Gasteiger partial charge in [-0.05, 0) is 185 Å². The summed E-state index contributed by atoms with van der Waals surface area (Å²) in [6, 6.07) is 159. The summed E-state index contributed by atoms with van der Waals surface area (Å²) in [7, 11) is 0. The number of rotatable bonds is 9. The van der Waals surface area contributed by atoms with Crippen LogP contribution in [-0.2, 0) is 0 Å². The molecule has 0 unspecified atom stereocenters. The molecule has 0 amide bonds. The number of aromatic nitrogens is 14. The third-order valence-corrected chi connectivity index (χ3v) is 31.3. The highest BCUT2D eigenvalue weighted by atomic mass is 32.1. The van der Waals surface area contributed by atoms with Gasteiger partial charge in [-0.2, -0.15) is 0 Å². The van der Waals surface area contributed by atoms with Gasteiger partial charge >= 0.3 is 0 Å². The molecule has 0 bridgehead atoms. The van der Waals surface area contributed by atoms with Gasteiger partial charge < -0.3 is 17.6 Å². The third-order valence-electron chi connectivity index (χ3n) is 30.1. The molecule has 34 rings (SSSR count). The van der Waals surface area contributed by atoms with Gasteiger partial charge in [0.15, 0.2) is 17.5 Å². The van der Waals surface area contributed by atoms with Crippen LogP contribution in [0.2, 0.25) is 0 Å². The van der Waals surface area contributed by atoms with Crippen molar-refractivity contribution < 1.29 is 0 Å². The maximum Gasteiger partial charge on any atom is 0.160 e.